The van der Waals surface area contributed by atoms with Crippen molar-refractivity contribution in [2.75, 3.05) is 19.9 Å². The second-order valence-corrected chi connectivity index (χ2v) is 6.18. The minimum Gasteiger partial charge on any atom is -0.497 e. The molecule has 3 heteroatoms. The van der Waals surface area contributed by atoms with Crippen molar-refractivity contribution in [3.63, 3.8) is 0 Å². The third kappa shape index (κ3) is 3.66. The number of hydrogen-bond acceptors (Lipinski definition) is 3. The molecule has 1 fully saturated rings. The molecular weight excluding hydrogens is 242 g/mol. The van der Waals surface area contributed by atoms with Gasteiger partial charge in [-0.05, 0) is 56.2 Å². The Morgan fingerprint density at radius 2 is 2.17 bits per heavy atom. The van der Waals surface area contributed by atoms with Gasteiger partial charge in [0.2, 0.25) is 0 Å². The van der Waals surface area contributed by atoms with Crippen molar-refractivity contribution in [2.24, 2.45) is 0 Å². The largest absolute Gasteiger partial charge is 0.497 e. The highest BCUT2D eigenvalue weighted by Crippen LogP contribution is 2.30. The molecule has 2 nitrogen and oxygen atoms in total. The summed E-state index contributed by atoms with van der Waals surface area (Å²) in [6, 6.07) is 9.10. The molecule has 2 unspecified atom stereocenters. The Kier molecular flexibility index (Phi) is 5.39. The Hall–Kier alpha value is -0.670. The maximum absolute atomic E-state index is 5.18. The zero-order valence-corrected chi connectivity index (χ0v) is 12.1. The molecule has 100 valence electrons. The molecule has 0 aliphatic carbocycles. The Labute approximate surface area is 114 Å². The van der Waals surface area contributed by atoms with E-state index in [1.807, 2.05) is 12.1 Å². The van der Waals surface area contributed by atoms with Crippen LogP contribution in [0.5, 0.6) is 5.75 Å². The number of hydrogen-bond donors (Lipinski definition) is 1. The molecule has 1 N–H and O–H groups in total. The molecule has 1 aromatic carbocycles. The van der Waals surface area contributed by atoms with Crippen molar-refractivity contribution in [1.29, 1.82) is 0 Å². The highest BCUT2D eigenvalue weighted by Gasteiger charge is 2.23. The molecule has 1 aliphatic heterocycles. The topological polar surface area (TPSA) is 21.3 Å². The van der Waals surface area contributed by atoms with Crippen molar-refractivity contribution in [3.05, 3.63) is 29.8 Å². The van der Waals surface area contributed by atoms with Gasteiger partial charge in [-0.2, -0.15) is 11.8 Å². The summed E-state index contributed by atoms with van der Waals surface area (Å²) in [4.78, 5) is 0. The molecule has 2 atom stereocenters. The first-order valence-electron chi connectivity index (χ1n) is 6.75. The van der Waals surface area contributed by atoms with Gasteiger partial charge in [-0.15, -0.1) is 0 Å². The molecule has 1 saturated heterocycles. The lowest BCUT2D eigenvalue weighted by atomic mass is 10.0. The zero-order chi connectivity index (χ0) is 12.8. The molecule has 0 spiro atoms. The minimum absolute atomic E-state index is 0.652. The Bertz CT molecular complexity index is 346. The van der Waals surface area contributed by atoms with Crippen molar-refractivity contribution in [2.45, 2.75) is 37.0 Å². The predicted molar refractivity (Wildman–Crippen MR) is 79.6 cm³/mol. The SMILES string of the molecule is CNC(CCc1ccc(OC)cc1)C1CCCS1. The lowest BCUT2D eigenvalue weighted by Gasteiger charge is -2.22. The van der Waals surface area contributed by atoms with Crippen molar-refractivity contribution in [1.82, 2.24) is 5.32 Å². The normalized spacial score (nSPS) is 20.9. The van der Waals surface area contributed by atoms with Crippen molar-refractivity contribution < 1.29 is 4.74 Å². The number of thioether (sulfide) groups is 1. The van der Waals surface area contributed by atoms with Gasteiger partial charge < -0.3 is 10.1 Å². The highest BCUT2D eigenvalue weighted by molar-refractivity contribution is 8.00. The van der Waals surface area contributed by atoms with Gasteiger partial charge in [0.25, 0.3) is 0 Å². The van der Waals surface area contributed by atoms with Crippen molar-refractivity contribution in [3.8, 4) is 5.75 Å². The fourth-order valence-corrected chi connectivity index (χ4v) is 4.02. The van der Waals surface area contributed by atoms with Gasteiger partial charge in [0.1, 0.15) is 5.75 Å². The lowest BCUT2D eigenvalue weighted by molar-refractivity contribution is 0.414. The van der Waals surface area contributed by atoms with E-state index in [9.17, 15) is 0 Å². The maximum Gasteiger partial charge on any atom is 0.118 e. The van der Waals surface area contributed by atoms with Crippen LogP contribution in [0, 0.1) is 0 Å². The fourth-order valence-electron chi connectivity index (χ4n) is 2.55. The van der Waals surface area contributed by atoms with Gasteiger partial charge in [-0.1, -0.05) is 12.1 Å². The van der Waals surface area contributed by atoms with E-state index < -0.39 is 0 Å². The van der Waals surface area contributed by atoms with Crippen LogP contribution in [-0.4, -0.2) is 31.2 Å². The second kappa shape index (κ2) is 7.05. The summed E-state index contributed by atoms with van der Waals surface area (Å²) in [5.41, 5.74) is 1.40. The summed E-state index contributed by atoms with van der Waals surface area (Å²) in [6.45, 7) is 0. The van der Waals surface area contributed by atoms with Crippen LogP contribution < -0.4 is 10.1 Å². The van der Waals surface area contributed by atoms with Gasteiger partial charge in [0, 0.05) is 11.3 Å². The summed E-state index contributed by atoms with van der Waals surface area (Å²) in [5.74, 6) is 2.28. The van der Waals surface area contributed by atoms with Crippen LogP contribution >= 0.6 is 11.8 Å². The smallest absolute Gasteiger partial charge is 0.118 e. The molecule has 1 aromatic rings. The highest BCUT2D eigenvalue weighted by atomic mass is 32.2. The number of nitrogens with one attached hydrogen (secondary N) is 1. The molecule has 1 heterocycles. The van der Waals surface area contributed by atoms with E-state index in [0.717, 1.165) is 17.4 Å². The monoisotopic (exact) mass is 265 g/mol. The van der Waals surface area contributed by atoms with E-state index in [2.05, 4.69) is 36.3 Å². The average molecular weight is 265 g/mol. The van der Waals surface area contributed by atoms with E-state index in [1.54, 1.807) is 7.11 Å². The Morgan fingerprint density at radius 1 is 1.39 bits per heavy atom. The molecule has 0 radical (unpaired) electrons. The molecule has 0 amide bonds. The van der Waals surface area contributed by atoms with E-state index >= 15 is 0 Å². The molecule has 1 aliphatic rings. The van der Waals surface area contributed by atoms with Crippen LogP contribution in [0.1, 0.15) is 24.8 Å². The first kappa shape index (κ1) is 13.8. The fraction of sp³-hybridized carbons (Fsp3) is 0.600. The average Bonchev–Trinajstić information content (AvgIpc) is 2.94. The summed E-state index contributed by atoms with van der Waals surface area (Å²) in [7, 11) is 3.81. The third-order valence-corrected chi connectivity index (χ3v) is 5.20. The first-order valence-corrected chi connectivity index (χ1v) is 7.80. The lowest BCUT2D eigenvalue weighted by Crippen LogP contribution is -2.34. The minimum atomic E-state index is 0.652. The summed E-state index contributed by atoms with van der Waals surface area (Å²) >= 11 is 2.13. The molecule has 18 heavy (non-hydrogen) atoms. The molecule has 0 bridgehead atoms. The first-order chi connectivity index (χ1) is 8.83. The number of rotatable bonds is 6. The summed E-state index contributed by atoms with van der Waals surface area (Å²) in [5, 5.41) is 4.30. The van der Waals surface area contributed by atoms with Crippen LogP contribution in [0.3, 0.4) is 0 Å². The number of benzene rings is 1. The Balaban J connectivity index is 1.84. The van der Waals surface area contributed by atoms with Gasteiger partial charge in [0.15, 0.2) is 0 Å². The van der Waals surface area contributed by atoms with Crippen molar-refractivity contribution >= 4 is 11.8 Å². The van der Waals surface area contributed by atoms with E-state index in [-0.39, 0.29) is 0 Å². The maximum atomic E-state index is 5.18. The quantitative estimate of drug-likeness (QED) is 0.854. The van der Waals surface area contributed by atoms with E-state index in [0.29, 0.717) is 6.04 Å². The third-order valence-electron chi connectivity index (χ3n) is 3.69. The number of methoxy groups -OCH3 is 1. The zero-order valence-electron chi connectivity index (χ0n) is 11.3. The molecule has 0 saturated carbocycles. The van der Waals surface area contributed by atoms with Crippen LogP contribution in [-0.2, 0) is 6.42 Å². The van der Waals surface area contributed by atoms with Crippen LogP contribution in [0.4, 0.5) is 0 Å². The number of aryl methyl sites for hydroxylation is 1. The molecule has 2 rings (SSSR count). The van der Waals surface area contributed by atoms with Gasteiger partial charge in [-0.25, -0.2) is 0 Å². The molecular formula is C15H23NOS. The Morgan fingerprint density at radius 3 is 2.72 bits per heavy atom. The summed E-state index contributed by atoms with van der Waals surface area (Å²) < 4.78 is 5.18. The predicted octanol–water partition coefficient (Wildman–Crippen LogP) is 3.11. The van der Waals surface area contributed by atoms with Gasteiger partial charge in [-0.3, -0.25) is 0 Å². The standard InChI is InChI=1S/C15H23NOS/c1-16-14(15-4-3-11-18-15)10-7-12-5-8-13(17-2)9-6-12/h5-6,8-9,14-16H,3-4,7,10-11H2,1-2H3. The van der Waals surface area contributed by atoms with E-state index in [1.165, 1.54) is 30.6 Å². The van der Waals surface area contributed by atoms with Crippen LogP contribution in [0.2, 0.25) is 0 Å². The van der Waals surface area contributed by atoms with Gasteiger partial charge >= 0.3 is 0 Å². The van der Waals surface area contributed by atoms with Crippen LogP contribution in [0.15, 0.2) is 24.3 Å². The summed E-state index contributed by atoms with van der Waals surface area (Å²) in [6.07, 6.45) is 5.13. The molecule has 0 aromatic heterocycles. The second-order valence-electron chi connectivity index (χ2n) is 4.83. The van der Waals surface area contributed by atoms with E-state index in [4.69, 9.17) is 4.74 Å². The van der Waals surface area contributed by atoms with Gasteiger partial charge in [0.05, 0.1) is 7.11 Å². The van der Waals surface area contributed by atoms with Crippen LogP contribution in [0.25, 0.3) is 0 Å². The number of ether oxygens (including phenoxy) is 1.